The van der Waals surface area contributed by atoms with Gasteiger partial charge in [-0.25, -0.2) is 0 Å². The van der Waals surface area contributed by atoms with Crippen molar-refractivity contribution in [3.8, 4) is 0 Å². The zero-order valence-electron chi connectivity index (χ0n) is 11.8. The maximum Gasteiger partial charge on any atom is 0.0413 e. The van der Waals surface area contributed by atoms with Gasteiger partial charge in [-0.2, -0.15) is 0 Å². The van der Waals surface area contributed by atoms with Crippen LogP contribution in [0.5, 0.6) is 0 Å². The summed E-state index contributed by atoms with van der Waals surface area (Å²) < 4.78 is 1.05. The van der Waals surface area contributed by atoms with E-state index in [-0.39, 0.29) is 0 Å². The maximum atomic E-state index is 4.51. The molecule has 0 aromatic carbocycles. The van der Waals surface area contributed by atoms with E-state index in [9.17, 15) is 0 Å². The van der Waals surface area contributed by atoms with E-state index >= 15 is 0 Å². The molecule has 1 N–H and O–H groups in total. The lowest BCUT2D eigenvalue weighted by molar-refractivity contribution is 0.244. The Labute approximate surface area is 120 Å². The quantitative estimate of drug-likeness (QED) is 0.728. The van der Waals surface area contributed by atoms with Gasteiger partial charge in [-0.3, -0.25) is 4.98 Å². The second kappa shape index (κ2) is 7.90. The minimum absolute atomic E-state index is 0.343. The molecule has 1 rings (SSSR count). The lowest BCUT2D eigenvalue weighted by Gasteiger charge is -2.32. The molecule has 1 aromatic rings. The third-order valence-corrected chi connectivity index (χ3v) is 4.24. The number of rotatable bonds is 8. The van der Waals surface area contributed by atoms with Crippen molar-refractivity contribution in [1.82, 2.24) is 10.3 Å². The number of nitrogens with one attached hydrogen (secondary N) is 1. The fourth-order valence-corrected chi connectivity index (χ4v) is 2.47. The molecule has 0 amide bonds. The van der Waals surface area contributed by atoms with Crippen molar-refractivity contribution >= 4 is 15.9 Å². The van der Waals surface area contributed by atoms with Gasteiger partial charge in [0, 0.05) is 22.9 Å². The zero-order chi connectivity index (χ0) is 13.4. The Balaban J connectivity index is 2.68. The van der Waals surface area contributed by atoms with Crippen molar-refractivity contribution in [1.29, 1.82) is 0 Å². The topological polar surface area (TPSA) is 24.9 Å². The predicted octanol–water partition coefficient (Wildman–Crippen LogP) is 4.19. The fourth-order valence-electron chi connectivity index (χ4n) is 2.24. The molecular weight excluding hydrogens is 288 g/mol. The van der Waals surface area contributed by atoms with Gasteiger partial charge in [0.2, 0.25) is 0 Å². The number of pyridine rings is 1. The van der Waals surface area contributed by atoms with E-state index in [1.54, 1.807) is 0 Å². The highest BCUT2D eigenvalue weighted by Gasteiger charge is 2.26. The Morgan fingerprint density at radius 3 is 2.44 bits per heavy atom. The van der Waals surface area contributed by atoms with E-state index in [1.807, 2.05) is 6.20 Å². The van der Waals surface area contributed by atoms with Crippen molar-refractivity contribution in [3.63, 3.8) is 0 Å². The molecule has 0 unspecified atom stereocenters. The van der Waals surface area contributed by atoms with E-state index < -0.39 is 0 Å². The fraction of sp³-hybridized carbons (Fsp3) is 0.667. The van der Waals surface area contributed by atoms with E-state index in [0.29, 0.717) is 5.41 Å². The monoisotopic (exact) mass is 312 g/mol. The summed E-state index contributed by atoms with van der Waals surface area (Å²) in [7, 11) is 0. The third kappa shape index (κ3) is 4.69. The van der Waals surface area contributed by atoms with E-state index in [0.717, 1.165) is 24.0 Å². The summed E-state index contributed by atoms with van der Waals surface area (Å²) in [6.45, 7) is 8.98. The molecule has 0 aliphatic rings. The summed E-state index contributed by atoms with van der Waals surface area (Å²) in [6.07, 6.45) is 6.53. The Hall–Kier alpha value is -0.410. The lowest BCUT2D eigenvalue weighted by Crippen LogP contribution is -2.36. The molecule has 0 bridgehead atoms. The van der Waals surface area contributed by atoms with Gasteiger partial charge in [0.05, 0.1) is 0 Å². The largest absolute Gasteiger partial charge is 0.316 e. The number of halogens is 1. The molecule has 1 heterocycles. The molecular formula is C15H25BrN2. The highest BCUT2D eigenvalue weighted by atomic mass is 79.9. The summed E-state index contributed by atoms with van der Waals surface area (Å²) in [5.41, 5.74) is 1.54. The molecule has 102 valence electrons. The molecule has 0 saturated heterocycles. The summed E-state index contributed by atoms with van der Waals surface area (Å²) in [5, 5.41) is 3.57. The Bertz CT molecular complexity index is 331. The van der Waals surface area contributed by atoms with Crippen molar-refractivity contribution in [2.45, 2.75) is 46.5 Å². The summed E-state index contributed by atoms with van der Waals surface area (Å²) in [4.78, 5) is 4.51. The second-order valence-corrected chi connectivity index (χ2v) is 5.94. The second-order valence-electron chi connectivity index (χ2n) is 5.03. The van der Waals surface area contributed by atoms with Gasteiger partial charge in [0.1, 0.15) is 0 Å². The van der Waals surface area contributed by atoms with Crippen LogP contribution in [0.25, 0.3) is 0 Å². The minimum atomic E-state index is 0.343. The van der Waals surface area contributed by atoms with Gasteiger partial charge in [-0.05, 0) is 65.7 Å². The van der Waals surface area contributed by atoms with Gasteiger partial charge < -0.3 is 5.32 Å². The first kappa shape index (κ1) is 15.6. The van der Waals surface area contributed by atoms with Crippen molar-refractivity contribution < 1.29 is 0 Å². The summed E-state index contributed by atoms with van der Waals surface area (Å²) in [6, 6.07) is 4.21. The molecule has 0 atom stereocenters. The molecule has 0 aliphatic carbocycles. The van der Waals surface area contributed by atoms with Crippen LogP contribution < -0.4 is 5.32 Å². The smallest absolute Gasteiger partial charge is 0.0413 e. The first-order valence-electron chi connectivity index (χ1n) is 6.97. The van der Waals surface area contributed by atoms with E-state index in [2.05, 4.69) is 59.1 Å². The average Bonchev–Trinajstić information content (AvgIpc) is 2.40. The van der Waals surface area contributed by atoms with Crippen LogP contribution in [-0.4, -0.2) is 18.1 Å². The Morgan fingerprint density at radius 1 is 1.22 bits per heavy atom. The van der Waals surface area contributed by atoms with Gasteiger partial charge in [-0.1, -0.05) is 20.8 Å². The summed E-state index contributed by atoms with van der Waals surface area (Å²) >= 11 is 3.44. The SMILES string of the molecule is CCCNCC(CC)(CC)Cc1ccc(Br)cn1. The Morgan fingerprint density at radius 2 is 1.94 bits per heavy atom. The molecule has 18 heavy (non-hydrogen) atoms. The molecule has 0 aliphatic heterocycles. The number of nitrogens with zero attached hydrogens (tertiary/aromatic N) is 1. The number of hydrogen-bond donors (Lipinski definition) is 1. The highest BCUT2D eigenvalue weighted by Crippen LogP contribution is 2.30. The van der Waals surface area contributed by atoms with Crippen LogP contribution in [0.1, 0.15) is 45.7 Å². The first-order valence-corrected chi connectivity index (χ1v) is 7.76. The van der Waals surface area contributed by atoms with Gasteiger partial charge in [0.15, 0.2) is 0 Å². The minimum Gasteiger partial charge on any atom is -0.316 e. The van der Waals surface area contributed by atoms with Crippen LogP contribution in [0.4, 0.5) is 0 Å². The van der Waals surface area contributed by atoms with Crippen molar-refractivity contribution in [2.24, 2.45) is 5.41 Å². The Kier molecular flexibility index (Phi) is 6.87. The predicted molar refractivity (Wildman–Crippen MR) is 81.8 cm³/mol. The lowest BCUT2D eigenvalue weighted by atomic mass is 9.78. The average molecular weight is 313 g/mol. The van der Waals surface area contributed by atoms with Crippen LogP contribution in [0.15, 0.2) is 22.8 Å². The highest BCUT2D eigenvalue weighted by molar-refractivity contribution is 9.10. The van der Waals surface area contributed by atoms with Gasteiger partial charge >= 0.3 is 0 Å². The van der Waals surface area contributed by atoms with Crippen LogP contribution in [0.2, 0.25) is 0 Å². The molecule has 3 heteroatoms. The molecule has 0 radical (unpaired) electrons. The summed E-state index contributed by atoms with van der Waals surface area (Å²) in [5.74, 6) is 0. The van der Waals surface area contributed by atoms with Gasteiger partial charge in [-0.15, -0.1) is 0 Å². The zero-order valence-corrected chi connectivity index (χ0v) is 13.4. The van der Waals surface area contributed by atoms with Gasteiger partial charge in [0.25, 0.3) is 0 Å². The standard InChI is InChI=1S/C15H25BrN2/c1-4-9-17-12-15(5-2,6-3)10-14-8-7-13(16)11-18-14/h7-8,11,17H,4-6,9-10,12H2,1-3H3. The van der Waals surface area contributed by atoms with Crippen molar-refractivity contribution in [3.05, 3.63) is 28.5 Å². The molecule has 2 nitrogen and oxygen atoms in total. The number of aromatic nitrogens is 1. The normalized spacial score (nSPS) is 11.8. The van der Waals surface area contributed by atoms with Crippen LogP contribution in [-0.2, 0) is 6.42 Å². The van der Waals surface area contributed by atoms with E-state index in [4.69, 9.17) is 0 Å². The number of hydrogen-bond acceptors (Lipinski definition) is 2. The van der Waals surface area contributed by atoms with Crippen molar-refractivity contribution in [2.75, 3.05) is 13.1 Å². The first-order chi connectivity index (χ1) is 8.65. The maximum absolute atomic E-state index is 4.51. The van der Waals surface area contributed by atoms with E-state index in [1.165, 1.54) is 25.0 Å². The van der Waals surface area contributed by atoms with Crippen LogP contribution >= 0.6 is 15.9 Å². The molecule has 1 aromatic heterocycles. The van der Waals surface area contributed by atoms with Crippen LogP contribution in [0.3, 0.4) is 0 Å². The molecule has 0 fully saturated rings. The molecule has 0 spiro atoms. The third-order valence-electron chi connectivity index (χ3n) is 3.77. The van der Waals surface area contributed by atoms with Crippen LogP contribution in [0, 0.1) is 5.41 Å². The molecule has 0 saturated carbocycles.